The van der Waals surface area contributed by atoms with E-state index >= 15 is 0 Å². The van der Waals surface area contributed by atoms with Crippen LogP contribution in [0.2, 0.25) is 10.0 Å². The lowest BCUT2D eigenvalue weighted by Crippen LogP contribution is -2.55. The Labute approximate surface area is 134 Å². The number of carbonyl (C=O) groups is 2. The van der Waals surface area contributed by atoms with Gasteiger partial charge in [-0.15, -0.1) is 0 Å². The quantitative estimate of drug-likeness (QED) is 0.888. The van der Waals surface area contributed by atoms with Crippen LogP contribution in [0.5, 0.6) is 0 Å². The molecule has 0 spiro atoms. The highest BCUT2D eigenvalue weighted by Crippen LogP contribution is 2.33. The Morgan fingerprint density at radius 3 is 2.57 bits per heavy atom. The Balaban J connectivity index is 2.34. The van der Waals surface area contributed by atoms with Crippen LogP contribution >= 0.6 is 23.2 Å². The highest BCUT2D eigenvalue weighted by molar-refractivity contribution is 6.37. The van der Waals surface area contributed by atoms with E-state index in [-0.39, 0.29) is 17.2 Å². The highest BCUT2D eigenvalue weighted by Gasteiger charge is 2.37. The number of nitrogens with zero attached hydrogens (tertiary/aromatic N) is 1. The Kier molecular flexibility index (Phi) is 4.49. The summed E-state index contributed by atoms with van der Waals surface area (Å²) < 4.78 is 0. The molecule has 1 N–H and O–H groups in total. The highest BCUT2D eigenvalue weighted by atomic mass is 35.5. The van der Waals surface area contributed by atoms with E-state index in [1.807, 2.05) is 0 Å². The van der Waals surface area contributed by atoms with Gasteiger partial charge in [0.15, 0.2) is 0 Å². The molecule has 1 aromatic rings. The molecule has 6 heteroatoms. The SMILES string of the molecule is CC(C)(C)CC1CNC(=O)N(c2cc(Cl)ccc2Cl)C1=O. The minimum atomic E-state index is -0.464. The molecule has 1 heterocycles. The van der Waals surface area contributed by atoms with Gasteiger partial charge >= 0.3 is 6.03 Å². The third-order valence-corrected chi connectivity index (χ3v) is 3.83. The largest absolute Gasteiger partial charge is 0.337 e. The molecule has 1 unspecified atom stereocenters. The molecule has 0 aromatic heterocycles. The topological polar surface area (TPSA) is 49.4 Å². The number of benzene rings is 1. The smallest absolute Gasteiger partial charge is 0.328 e. The van der Waals surface area contributed by atoms with Crippen LogP contribution in [0.15, 0.2) is 18.2 Å². The summed E-state index contributed by atoms with van der Waals surface area (Å²) in [5.74, 6) is -0.504. The molecule has 0 bridgehead atoms. The molecular weight excluding hydrogens is 311 g/mol. The van der Waals surface area contributed by atoms with Gasteiger partial charge in [0.2, 0.25) is 5.91 Å². The van der Waals surface area contributed by atoms with Crippen molar-refractivity contribution in [2.75, 3.05) is 11.4 Å². The fourth-order valence-corrected chi connectivity index (χ4v) is 2.81. The lowest BCUT2D eigenvalue weighted by Gasteiger charge is -2.34. The predicted octanol–water partition coefficient (Wildman–Crippen LogP) is 4.10. The van der Waals surface area contributed by atoms with Crippen molar-refractivity contribution in [3.8, 4) is 0 Å². The van der Waals surface area contributed by atoms with Gasteiger partial charge in [-0.1, -0.05) is 44.0 Å². The zero-order valence-electron chi connectivity index (χ0n) is 12.2. The second-order valence-corrected chi connectivity index (χ2v) is 7.26. The van der Waals surface area contributed by atoms with Gasteiger partial charge in [-0.3, -0.25) is 4.79 Å². The first kappa shape index (κ1) is 16.1. The van der Waals surface area contributed by atoms with Gasteiger partial charge in [-0.2, -0.15) is 0 Å². The number of urea groups is 1. The normalized spacial score (nSPS) is 19.7. The van der Waals surface area contributed by atoms with Crippen LogP contribution in [0.25, 0.3) is 0 Å². The van der Waals surface area contributed by atoms with Gasteiger partial charge in [0, 0.05) is 11.6 Å². The van der Waals surface area contributed by atoms with Crippen molar-refractivity contribution in [1.82, 2.24) is 5.32 Å². The van der Waals surface area contributed by atoms with Crippen molar-refractivity contribution in [3.05, 3.63) is 28.2 Å². The van der Waals surface area contributed by atoms with Crippen molar-refractivity contribution < 1.29 is 9.59 Å². The van der Waals surface area contributed by atoms with Gasteiger partial charge in [0.1, 0.15) is 0 Å². The molecule has 1 aromatic carbocycles. The second kappa shape index (κ2) is 5.85. The number of anilines is 1. The van der Waals surface area contributed by atoms with Crippen LogP contribution in [0.1, 0.15) is 27.2 Å². The van der Waals surface area contributed by atoms with Crippen molar-refractivity contribution in [3.63, 3.8) is 0 Å². The van der Waals surface area contributed by atoms with Gasteiger partial charge in [0.25, 0.3) is 0 Å². The van der Waals surface area contributed by atoms with Crippen molar-refractivity contribution in [1.29, 1.82) is 0 Å². The minimum Gasteiger partial charge on any atom is -0.337 e. The number of nitrogens with one attached hydrogen (secondary N) is 1. The molecule has 1 aliphatic rings. The third-order valence-electron chi connectivity index (χ3n) is 3.28. The molecule has 114 valence electrons. The van der Waals surface area contributed by atoms with Gasteiger partial charge in [-0.25, -0.2) is 9.69 Å². The number of hydrogen-bond acceptors (Lipinski definition) is 2. The summed E-state index contributed by atoms with van der Waals surface area (Å²) in [4.78, 5) is 25.8. The number of imide groups is 1. The van der Waals surface area contributed by atoms with E-state index in [2.05, 4.69) is 26.1 Å². The van der Waals surface area contributed by atoms with E-state index < -0.39 is 6.03 Å². The van der Waals surface area contributed by atoms with Gasteiger partial charge < -0.3 is 5.32 Å². The van der Waals surface area contributed by atoms with Crippen LogP contribution in [-0.2, 0) is 4.79 Å². The average Bonchev–Trinajstić information content (AvgIpc) is 2.36. The van der Waals surface area contributed by atoms with Crippen LogP contribution in [-0.4, -0.2) is 18.5 Å². The summed E-state index contributed by atoms with van der Waals surface area (Å²) in [7, 11) is 0. The predicted molar refractivity (Wildman–Crippen MR) is 84.9 cm³/mol. The maximum atomic E-state index is 12.6. The van der Waals surface area contributed by atoms with Gasteiger partial charge in [0.05, 0.1) is 16.6 Å². The Hall–Kier alpha value is -1.26. The standard InChI is InChI=1S/C15H18Cl2N2O2/c1-15(2,3)7-9-8-18-14(21)19(13(9)20)12-6-10(16)4-5-11(12)17/h4-6,9H,7-8H2,1-3H3,(H,18,21). The van der Waals surface area contributed by atoms with Crippen LogP contribution in [0.3, 0.4) is 0 Å². The molecule has 0 aliphatic carbocycles. The van der Waals surface area contributed by atoms with Crippen LogP contribution in [0, 0.1) is 11.3 Å². The first-order valence-corrected chi connectivity index (χ1v) is 7.51. The zero-order chi connectivity index (χ0) is 15.8. The summed E-state index contributed by atoms with van der Waals surface area (Å²) in [6.07, 6.45) is 0.681. The number of amides is 3. The Morgan fingerprint density at radius 1 is 1.29 bits per heavy atom. The molecule has 2 rings (SSSR count). The Morgan fingerprint density at radius 2 is 1.95 bits per heavy atom. The van der Waals surface area contributed by atoms with E-state index in [1.54, 1.807) is 12.1 Å². The summed E-state index contributed by atoms with van der Waals surface area (Å²) in [5, 5.41) is 3.49. The zero-order valence-corrected chi connectivity index (χ0v) is 13.8. The van der Waals surface area contributed by atoms with E-state index in [0.717, 1.165) is 4.90 Å². The molecule has 3 amide bonds. The van der Waals surface area contributed by atoms with E-state index in [9.17, 15) is 9.59 Å². The molecule has 1 atom stereocenters. The Bertz CT molecular complexity index is 582. The molecule has 0 radical (unpaired) electrons. The monoisotopic (exact) mass is 328 g/mol. The maximum Gasteiger partial charge on any atom is 0.328 e. The fraction of sp³-hybridized carbons (Fsp3) is 0.467. The lowest BCUT2D eigenvalue weighted by atomic mass is 9.83. The summed E-state index contributed by atoms with van der Waals surface area (Å²) in [6.45, 7) is 6.54. The molecule has 21 heavy (non-hydrogen) atoms. The molecule has 1 aliphatic heterocycles. The van der Waals surface area contributed by atoms with Crippen molar-refractivity contribution in [2.24, 2.45) is 11.3 Å². The van der Waals surface area contributed by atoms with Crippen molar-refractivity contribution in [2.45, 2.75) is 27.2 Å². The molecule has 0 saturated carbocycles. The lowest BCUT2D eigenvalue weighted by molar-refractivity contribution is -0.123. The molecule has 1 saturated heterocycles. The molecule has 4 nitrogen and oxygen atoms in total. The molecular formula is C15H18Cl2N2O2. The number of carbonyl (C=O) groups excluding carboxylic acids is 2. The minimum absolute atomic E-state index is 0.00775. The number of halogens is 2. The number of hydrogen-bond donors (Lipinski definition) is 1. The van der Waals surface area contributed by atoms with E-state index in [0.29, 0.717) is 28.7 Å². The van der Waals surface area contributed by atoms with Crippen LogP contribution < -0.4 is 10.2 Å². The van der Waals surface area contributed by atoms with E-state index in [4.69, 9.17) is 23.2 Å². The first-order chi connectivity index (χ1) is 9.69. The van der Waals surface area contributed by atoms with Crippen LogP contribution in [0.4, 0.5) is 10.5 Å². The maximum absolute atomic E-state index is 12.6. The van der Waals surface area contributed by atoms with E-state index in [1.165, 1.54) is 6.07 Å². The molecule has 1 fully saturated rings. The fourth-order valence-electron chi connectivity index (χ4n) is 2.44. The third kappa shape index (κ3) is 3.69. The summed E-state index contributed by atoms with van der Waals surface area (Å²) >= 11 is 12.1. The number of rotatable bonds is 2. The first-order valence-electron chi connectivity index (χ1n) is 6.76. The summed E-state index contributed by atoms with van der Waals surface area (Å²) in [5.41, 5.74) is 0.317. The average molecular weight is 329 g/mol. The second-order valence-electron chi connectivity index (χ2n) is 6.42. The van der Waals surface area contributed by atoms with Gasteiger partial charge in [-0.05, 0) is 30.0 Å². The van der Waals surface area contributed by atoms with Crippen molar-refractivity contribution >= 4 is 40.8 Å². The summed E-state index contributed by atoms with van der Waals surface area (Å²) in [6, 6.07) is 4.26.